The van der Waals surface area contributed by atoms with Crippen LogP contribution in [-0.4, -0.2) is 56.5 Å². The van der Waals surface area contributed by atoms with Crippen LogP contribution >= 0.6 is 0 Å². The third kappa shape index (κ3) is 4.86. The molecule has 1 aliphatic heterocycles. The largest absolute Gasteiger partial charge is 0.335 e. The quantitative estimate of drug-likeness (QED) is 0.341. The molecule has 7 heteroatoms. The maximum Gasteiger partial charge on any atom is 0.272 e. The Morgan fingerprint density at radius 3 is 2.11 bits per heavy atom. The summed E-state index contributed by atoms with van der Waals surface area (Å²) in [6.07, 6.45) is 0. The van der Waals surface area contributed by atoms with Crippen molar-refractivity contribution in [1.29, 1.82) is 0 Å². The molecule has 0 radical (unpaired) electrons. The number of fused-ring (bicyclic) bond motifs is 1. The van der Waals surface area contributed by atoms with Gasteiger partial charge < -0.3 is 4.90 Å². The Hall–Kier alpha value is -4.36. The summed E-state index contributed by atoms with van der Waals surface area (Å²) in [7, 11) is 0. The lowest BCUT2D eigenvalue weighted by molar-refractivity contribution is 0.0620. The lowest BCUT2D eigenvalue weighted by atomic mass is 10.1. The highest BCUT2D eigenvalue weighted by Crippen LogP contribution is 2.25. The molecular weight excluding hydrogens is 465 g/mol. The third-order valence-corrected chi connectivity index (χ3v) is 6.76. The van der Waals surface area contributed by atoms with Gasteiger partial charge in [-0.05, 0) is 35.9 Å². The maximum absolute atomic E-state index is 13.8. The molecule has 0 atom stereocenters. The van der Waals surface area contributed by atoms with Crippen molar-refractivity contribution in [3.8, 4) is 22.5 Å². The highest BCUT2D eigenvalue weighted by atomic mass is 19.1. The Balaban J connectivity index is 1.32. The number of carbonyl (C=O) groups excluding carboxylic acids is 1. The zero-order valence-corrected chi connectivity index (χ0v) is 20.3. The summed E-state index contributed by atoms with van der Waals surface area (Å²) in [5.74, 6) is -0.400. The first-order chi connectivity index (χ1) is 18.1. The van der Waals surface area contributed by atoms with Gasteiger partial charge in [-0.25, -0.2) is 13.9 Å². The molecule has 6 nitrogen and oxygen atoms in total. The zero-order valence-electron chi connectivity index (χ0n) is 20.3. The Morgan fingerprint density at radius 2 is 1.41 bits per heavy atom. The van der Waals surface area contributed by atoms with Gasteiger partial charge in [-0.3, -0.25) is 9.69 Å². The van der Waals surface area contributed by atoms with Crippen LogP contribution in [0.25, 0.3) is 28.2 Å². The van der Waals surface area contributed by atoms with Crippen LogP contribution in [0, 0.1) is 5.82 Å². The van der Waals surface area contributed by atoms with Crippen molar-refractivity contribution in [2.24, 2.45) is 0 Å². The second-order valence-corrected chi connectivity index (χ2v) is 9.25. The third-order valence-electron chi connectivity index (χ3n) is 6.76. The molecule has 5 aromatic rings. The van der Waals surface area contributed by atoms with Crippen molar-refractivity contribution < 1.29 is 9.18 Å². The number of halogens is 1. The van der Waals surface area contributed by atoms with Gasteiger partial charge in [0.15, 0.2) is 5.65 Å². The number of aromatic nitrogens is 3. The second kappa shape index (κ2) is 9.95. The molecule has 0 spiro atoms. The summed E-state index contributed by atoms with van der Waals surface area (Å²) in [6.45, 7) is 3.74. The van der Waals surface area contributed by atoms with Gasteiger partial charge >= 0.3 is 0 Å². The molecule has 0 saturated carbocycles. The fraction of sp³-hybridized carbons (Fsp3) is 0.167. The van der Waals surface area contributed by atoms with Crippen molar-refractivity contribution in [1.82, 2.24) is 24.4 Å². The summed E-state index contributed by atoms with van der Waals surface area (Å²) < 4.78 is 15.2. The van der Waals surface area contributed by atoms with Gasteiger partial charge in [0.2, 0.25) is 0 Å². The number of benzene rings is 3. The molecule has 3 heterocycles. The van der Waals surface area contributed by atoms with E-state index in [4.69, 9.17) is 10.1 Å². The predicted molar refractivity (Wildman–Crippen MR) is 141 cm³/mol. The molecule has 2 aromatic heterocycles. The van der Waals surface area contributed by atoms with E-state index < -0.39 is 0 Å². The van der Waals surface area contributed by atoms with Crippen LogP contribution in [0.3, 0.4) is 0 Å². The highest BCUT2D eigenvalue weighted by Gasteiger charge is 2.25. The molecule has 1 amide bonds. The minimum atomic E-state index is -0.315. The van der Waals surface area contributed by atoms with E-state index >= 15 is 0 Å². The van der Waals surface area contributed by atoms with Gasteiger partial charge in [0, 0.05) is 49.9 Å². The summed E-state index contributed by atoms with van der Waals surface area (Å²) in [6, 6.07) is 30.0. The lowest BCUT2D eigenvalue weighted by Crippen LogP contribution is -2.48. The van der Waals surface area contributed by atoms with E-state index in [0.717, 1.165) is 36.5 Å². The standard InChI is InChI=1S/C30H26FN5O/c31-25-13-11-24(12-14-25)26-19-28(36-29(32-26)20-27(33-36)23-9-5-2-6-10-23)30(37)35-17-15-34(16-18-35)21-22-7-3-1-4-8-22/h1-14,19-20H,15-18,21H2. The molecule has 0 aliphatic carbocycles. The van der Waals surface area contributed by atoms with E-state index in [9.17, 15) is 9.18 Å². The minimum absolute atomic E-state index is 0.0853. The summed E-state index contributed by atoms with van der Waals surface area (Å²) in [5, 5.41) is 4.75. The molecule has 3 aromatic carbocycles. The Kier molecular flexibility index (Phi) is 6.20. The van der Waals surface area contributed by atoms with Gasteiger partial charge in [-0.15, -0.1) is 0 Å². The molecule has 6 rings (SSSR count). The highest BCUT2D eigenvalue weighted by molar-refractivity contribution is 5.94. The van der Waals surface area contributed by atoms with Crippen LogP contribution in [0.2, 0.25) is 0 Å². The lowest BCUT2D eigenvalue weighted by Gasteiger charge is -2.34. The van der Waals surface area contributed by atoms with Crippen LogP contribution in [0.1, 0.15) is 16.1 Å². The number of amides is 1. The van der Waals surface area contributed by atoms with Crippen molar-refractivity contribution >= 4 is 11.6 Å². The molecule has 184 valence electrons. The van der Waals surface area contributed by atoms with E-state index in [1.807, 2.05) is 47.4 Å². The van der Waals surface area contributed by atoms with Crippen molar-refractivity contribution in [3.05, 3.63) is 114 Å². The van der Waals surface area contributed by atoms with Gasteiger partial charge in [-0.1, -0.05) is 60.7 Å². The Morgan fingerprint density at radius 1 is 0.757 bits per heavy atom. The number of nitrogens with zero attached hydrogens (tertiary/aromatic N) is 5. The van der Waals surface area contributed by atoms with E-state index in [2.05, 4.69) is 29.2 Å². The summed E-state index contributed by atoms with van der Waals surface area (Å²) in [4.78, 5) is 22.8. The second-order valence-electron chi connectivity index (χ2n) is 9.25. The van der Waals surface area contributed by atoms with E-state index in [0.29, 0.717) is 30.1 Å². The number of carbonyl (C=O) groups is 1. The smallest absolute Gasteiger partial charge is 0.272 e. The zero-order chi connectivity index (χ0) is 25.2. The first-order valence-electron chi connectivity index (χ1n) is 12.4. The van der Waals surface area contributed by atoms with Crippen LogP contribution < -0.4 is 0 Å². The van der Waals surface area contributed by atoms with Crippen molar-refractivity contribution in [2.75, 3.05) is 26.2 Å². The SMILES string of the molecule is O=C(c1cc(-c2ccc(F)cc2)nc2cc(-c3ccccc3)nn12)N1CCN(Cc2ccccc2)CC1. The van der Waals surface area contributed by atoms with Crippen molar-refractivity contribution in [3.63, 3.8) is 0 Å². The topological polar surface area (TPSA) is 53.7 Å². The summed E-state index contributed by atoms with van der Waals surface area (Å²) in [5.41, 5.74) is 5.34. The molecular formula is C30H26FN5O. The molecule has 1 saturated heterocycles. The monoisotopic (exact) mass is 491 g/mol. The maximum atomic E-state index is 13.8. The van der Waals surface area contributed by atoms with E-state index in [-0.39, 0.29) is 11.7 Å². The molecule has 0 N–H and O–H groups in total. The van der Waals surface area contributed by atoms with Gasteiger partial charge in [0.25, 0.3) is 5.91 Å². The minimum Gasteiger partial charge on any atom is -0.335 e. The van der Waals surface area contributed by atoms with Crippen LogP contribution in [0.4, 0.5) is 4.39 Å². The normalized spacial score (nSPS) is 14.2. The number of hydrogen-bond acceptors (Lipinski definition) is 4. The van der Waals surface area contributed by atoms with E-state index in [1.165, 1.54) is 17.7 Å². The number of hydrogen-bond donors (Lipinski definition) is 0. The predicted octanol–water partition coefficient (Wildman–Crippen LogP) is 5.16. The fourth-order valence-corrected chi connectivity index (χ4v) is 4.76. The summed E-state index contributed by atoms with van der Waals surface area (Å²) >= 11 is 0. The number of rotatable bonds is 5. The molecule has 0 bridgehead atoms. The van der Waals surface area contributed by atoms with Crippen LogP contribution in [0.15, 0.2) is 97.1 Å². The first-order valence-corrected chi connectivity index (χ1v) is 12.4. The average Bonchev–Trinajstić information content (AvgIpc) is 3.38. The fourth-order valence-electron chi connectivity index (χ4n) is 4.76. The van der Waals surface area contributed by atoms with Gasteiger partial charge in [0.1, 0.15) is 11.5 Å². The molecule has 0 unspecified atom stereocenters. The van der Waals surface area contributed by atoms with Gasteiger partial charge in [-0.2, -0.15) is 5.10 Å². The van der Waals surface area contributed by atoms with Gasteiger partial charge in [0.05, 0.1) is 11.4 Å². The first kappa shape index (κ1) is 23.1. The van der Waals surface area contributed by atoms with Crippen LogP contribution in [-0.2, 0) is 6.54 Å². The molecule has 1 fully saturated rings. The number of piperazine rings is 1. The Labute approximate surface area is 214 Å². The molecule has 37 heavy (non-hydrogen) atoms. The van der Waals surface area contributed by atoms with Crippen molar-refractivity contribution in [2.45, 2.75) is 6.54 Å². The average molecular weight is 492 g/mol. The van der Waals surface area contributed by atoms with Crippen LogP contribution in [0.5, 0.6) is 0 Å². The Bertz CT molecular complexity index is 1530. The molecule has 1 aliphatic rings. The van der Waals surface area contributed by atoms with E-state index in [1.54, 1.807) is 22.7 Å².